The van der Waals surface area contributed by atoms with Gasteiger partial charge in [-0.25, -0.2) is 0 Å². The molecule has 2 aromatic rings. The van der Waals surface area contributed by atoms with Gasteiger partial charge in [-0.3, -0.25) is 9.59 Å². The molecule has 2 aromatic carbocycles. The summed E-state index contributed by atoms with van der Waals surface area (Å²) in [6.07, 6.45) is 0.451. The van der Waals surface area contributed by atoms with Gasteiger partial charge in [0.1, 0.15) is 0 Å². The predicted octanol–water partition coefficient (Wildman–Crippen LogP) is 3.20. The van der Waals surface area contributed by atoms with Crippen LogP contribution < -0.4 is 11.1 Å². The fourth-order valence-corrected chi connectivity index (χ4v) is 3.14. The van der Waals surface area contributed by atoms with Gasteiger partial charge in [0, 0.05) is 29.2 Å². The molecule has 0 atom stereocenters. The molecule has 0 aliphatic heterocycles. The summed E-state index contributed by atoms with van der Waals surface area (Å²) in [6, 6.07) is 13.3. The minimum Gasteiger partial charge on any atom is -0.366 e. The molecule has 0 spiro atoms. The molecule has 5 heteroatoms. The van der Waals surface area contributed by atoms with Crippen LogP contribution in [0.4, 0.5) is 0 Å². The zero-order valence-corrected chi connectivity index (χ0v) is 14.8. The van der Waals surface area contributed by atoms with E-state index < -0.39 is 5.91 Å². The average Bonchev–Trinajstić information content (AvgIpc) is 2.56. The first-order valence-electron chi connectivity index (χ1n) is 7.81. The molecule has 0 radical (unpaired) electrons. The molecule has 126 valence electrons. The van der Waals surface area contributed by atoms with Crippen molar-refractivity contribution in [3.05, 3.63) is 64.7 Å². The molecule has 0 heterocycles. The van der Waals surface area contributed by atoms with Crippen molar-refractivity contribution in [3.8, 4) is 0 Å². The van der Waals surface area contributed by atoms with E-state index in [0.717, 1.165) is 11.3 Å². The van der Waals surface area contributed by atoms with Gasteiger partial charge >= 0.3 is 0 Å². The van der Waals surface area contributed by atoms with Crippen LogP contribution in [0.3, 0.4) is 0 Å². The Labute approximate surface area is 146 Å². The predicted molar refractivity (Wildman–Crippen MR) is 98.1 cm³/mol. The average molecular weight is 342 g/mol. The highest BCUT2D eigenvalue weighted by Crippen LogP contribution is 2.21. The molecule has 24 heavy (non-hydrogen) atoms. The molecule has 3 N–H and O–H groups in total. The quantitative estimate of drug-likeness (QED) is 0.759. The topological polar surface area (TPSA) is 72.2 Å². The first kappa shape index (κ1) is 18.1. The minimum absolute atomic E-state index is 0.00388. The fourth-order valence-electron chi connectivity index (χ4n) is 2.19. The highest BCUT2D eigenvalue weighted by molar-refractivity contribution is 7.99. The van der Waals surface area contributed by atoms with Gasteiger partial charge in [0.15, 0.2) is 0 Å². The van der Waals surface area contributed by atoms with Crippen LogP contribution >= 0.6 is 11.8 Å². The van der Waals surface area contributed by atoms with Crippen molar-refractivity contribution in [3.63, 3.8) is 0 Å². The number of hydrogen-bond donors (Lipinski definition) is 2. The van der Waals surface area contributed by atoms with Crippen molar-refractivity contribution in [2.75, 3.05) is 5.75 Å². The molecule has 0 bridgehead atoms. The zero-order chi connectivity index (χ0) is 17.5. The number of aryl methyl sites for hydroxylation is 2. The van der Waals surface area contributed by atoms with Crippen molar-refractivity contribution < 1.29 is 9.59 Å². The molecule has 0 aliphatic carbocycles. The Morgan fingerprint density at radius 1 is 1.08 bits per heavy atom. The smallest absolute Gasteiger partial charge is 0.248 e. The van der Waals surface area contributed by atoms with Gasteiger partial charge < -0.3 is 11.1 Å². The van der Waals surface area contributed by atoms with Gasteiger partial charge in [-0.15, -0.1) is 11.8 Å². The van der Waals surface area contributed by atoms with Gasteiger partial charge in [-0.05, 0) is 54.8 Å². The number of thioether (sulfide) groups is 1. The van der Waals surface area contributed by atoms with Crippen LogP contribution in [0.25, 0.3) is 0 Å². The van der Waals surface area contributed by atoms with Crippen LogP contribution in [0.15, 0.2) is 47.4 Å². The van der Waals surface area contributed by atoms with Gasteiger partial charge in [-0.1, -0.05) is 18.2 Å². The van der Waals surface area contributed by atoms with E-state index in [0.29, 0.717) is 18.5 Å². The summed E-state index contributed by atoms with van der Waals surface area (Å²) in [5.41, 5.74) is 9.10. The van der Waals surface area contributed by atoms with E-state index in [1.54, 1.807) is 30.0 Å². The Kier molecular flexibility index (Phi) is 6.44. The summed E-state index contributed by atoms with van der Waals surface area (Å²) in [4.78, 5) is 24.3. The summed E-state index contributed by atoms with van der Waals surface area (Å²) in [5.74, 6) is 0.263. The monoisotopic (exact) mass is 342 g/mol. The Balaban J connectivity index is 1.76. The maximum Gasteiger partial charge on any atom is 0.248 e. The Bertz CT molecular complexity index is 744. The first-order chi connectivity index (χ1) is 11.5. The number of benzene rings is 2. The highest BCUT2D eigenvalue weighted by atomic mass is 32.2. The van der Waals surface area contributed by atoms with E-state index in [2.05, 4.69) is 37.4 Å². The lowest BCUT2D eigenvalue weighted by Crippen LogP contribution is -2.23. The number of amides is 2. The van der Waals surface area contributed by atoms with Crippen molar-refractivity contribution in [1.29, 1.82) is 0 Å². The highest BCUT2D eigenvalue weighted by Gasteiger charge is 2.05. The van der Waals surface area contributed by atoms with Crippen molar-refractivity contribution in [2.45, 2.75) is 31.7 Å². The Morgan fingerprint density at radius 2 is 1.88 bits per heavy atom. The molecule has 2 rings (SSSR count). The van der Waals surface area contributed by atoms with Crippen molar-refractivity contribution >= 4 is 23.6 Å². The molecular weight excluding hydrogens is 320 g/mol. The van der Waals surface area contributed by atoms with Crippen LogP contribution in [-0.4, -0.2) is 17.6 Å². The van der Waals surface area contributed by atoms with Crippen LogP contribution in [0.2, 0.25) is 0 Å². The number of hydrogen-bond acceptors (Lipinski definition) is 3. The van der Waals surface area contributed by atoms with Crippen LogP contribution in [0.1, 0.15) is 33.5 Å². The number of nitrogens with one attached hydrogen (secondary N) is 1. The molecule has 4 nitrogen and oxygen atoms in total. The van der Waals surface area contributed by atoms with E-state index >= 15 is 0 Å². The van der Waals surface area contributed by atoms with Gasteiger partial charge in [0.05, 0.1) is 0 Å². The number of carbonyl (C=O) groups is 2. The number of nitrogens with two attached hydrogens (primary N) is 1. The lowest BCUT2D eigenvalue weighted by atomic mass is 10.1. The second-order valence-electron chi connectivity index (χ2n) is 5.69. The van der Waals surface area contributed by atoms with E-state index in [1.807, 2.05) is 6.07 Å². The molecule has 2 amide bonds. The third-order valence-corrected chi connectivity index (χ3v) is 4.77. The second-order valence-corrected chi connectivity index (χ2v) is 6.85. The normalized spacial score (nSPS) is 10.4. The maximum absolute atomic E-state index is 11.9. The van der Waals surface area contributed by atoms with Crippen molar-refractivity contribution in [1.82, 2.24) is 5.32 Å². The largest absolute Gasteiger partial charge is 0.366 e. The van der Waals surface area contributed by atoms with E-state index in [-0.39, 0.29) is 5.91 Å². The zero-order valence-electron chi connectivity index (χ0n) is 14.0. The third-order valence-electron chi connectivity index (χ3n) is 3.78. The Morgan fingerprint density at radius 3 is 2.58 bits per heavy atom. The van der Waals surface area contributed by atoms with Gasteiger partial charge in [-0.2, -0.15) is 0 Å². The van der Waals surface area contributed by atoms with Crippen LogP contribution in [0.5, 0.6) is 0 Å². The standard InChI is InChI=1S/C19H22N2O2S/c1-13-6-7-17(10-14(13)2)24-9-8-18(22)21-12-15-4-3-5-16(11-15)19(20)23/h3-7,10-11H,8-9,12H2,1-2H3,(H2,20,23)(H,21,22). The number of rotatable bonds is 7. The Hall–Kier alpha value is -2.27. The number of carbonyl (C=O) groups excluding carboxylic acids is 2. The lowest BCUT2D eigenvalue weighted by molar-refractivity contribution is -0.120. The third kappa shape index (κ3) is 5.42. The molecule has 0 saturated heterocycles. The summed E-state index contributed by atoms with van der Waals surface area (Å²) >= 11 is 1.68. The summed E-state index contributed by atoms with van der Waals surface area (Å²) in [6.45, 7) is 4.57. The fraction of sp³-hybridized carbons (Fsp3) is 0.263. The summed E-state index contributed by atoms with van der Waals surface area (Å²) in [5, 5.41) is 2.87. The summed E-state index contributed by atoms with van der Waals surface area (Å²) in [7, 11) is 0. The van der Waals surface area contributed by atoms with Crippen LogP contribution in [-0.2, 0) is 11.3 Å². The number of primary amides is 1. The molecule has 0 fully saturated rings. The lowest BCUT2D eigenvalue weighted by Gasteiger charge is -2.07. The first-order valence-corrected chi connectivity index (χ1v) is 8.80. The molecule has 0 unspecified atom stereocenters. The molecule has 0 aromatic heterocycles. The van der Waals surface area contributed by atoms with E-state index in [4.69, 9.17) is 5.73 Å². The molecule has 0 saturated carbocycles. The van der Waals surface area contributed by atoms with Crippen molar-refractivity contribution in [2.24, 2.45) is 5.73 Å². The maximum atomic E-state index is 11.9. The van der Waals surface area contributed by atoms with Crippen LogP contribution in [0, 0.1) is 13.8 Å². The minimum atomic E-state index is -0.465. The van der Waals surface area contributed by atoms with Gasteiger partial charge in [0.2, 0.25) is 11.8 Å². The molecule has 0 aliphatic rings. The summed E-state index contributed by atoms with van der Waals surface area (Å²) < 4.78 is 0. The molecular formula is C19H22N2O2S. The van der Waals surface area contributed by atoms with E-state index in [9.17, 15) is 9.59 Å². The second kappa shape index (κ2) is 8.55. The van der Waals surface area contributed by atoms with Gasteiger partial charge in [0.25, 0.3) is 0 Å². The SMILES string of the molecule is Cc1ccc(SCCC(=O)NCc2cccc(C(N)=O)c2)cc1C. The van der Waals surface area contributed by atoms with E-state index in [1.165, 1.54) is 16.0 Å².